The molecule has 3 amide bonds. The number of carbonyl (C=O) groups is 3. The van der Waals surface area contributed by atoms with Gasteiger partial charge < -0.3 is 16.8 Å². The van der Waals surface area contributed by atoms with E-state index < -0.39 is 11.8 Å². The van der Waals surface area contributed by atoms with Crippen molar-refractivity contribution < 1.29 is 14.4 Å². The van der Waals surface area contributed by atoms with Gasteiger partial charge in [-0.3, -0.25) is 19.3 Å². The first-order valence-electron chi connectivity index (χ1n) is 9.32. The summed E-state index contributed by atoms with van der Waals surface area (Å²) in [6, 6.07) is 5.58. The summed E-state index contributed by atoms with van der Waals surface area (Å²) in [6.07, 6.45) is 0.840. The highest BCUT2D eigenvalue weighted by molar-refractivity contribution is 7.09. The molecule has 0 spiro atoms. The van der Waals surface area contributed by atoms with Gasteiger partial charge in [0, 0.05) is 12.2 Å². The van der Waals surface area contributed by atoms with Crippen molar-refractivity contribution in [3.63, 3.8) is 0 Å². The number of nitrogen functional groups attached to an aromatic ring is 1. The van der Waals surface area contributed by atoms with E-state index in [1.807, 2.05) is 26.0 Å². The average Bonchev–Trinajstić information content (AvgIpc) is 3.01. The molecule has 1 aromatic carbocycles. The predicted molar refractivity (Wildman–Crippen MR) is 115 cm³/mol. The fourth-order valence-electron chi connectivity index (χ4n) is 2.83. The number of nitrogens with zero attached hydrogens (tertiary/aromatic N) is 2. The van der Waals surface area contributed by atoms with E-state index in [1.165, 1.54) is 4.90 Å². The van der Waals surface area contributed by atoms with Crippen molar-refractivity contribution in [1.82, 2.24) is 9.69 Å². The van der Waals surface area contributed by atoms with Crippen LogP contribution < -0.4 is 21.7 Å². The number of nitrogens with one attached hydrogen (secondary N) is 1. The minimum Gasteiger partial charge on any atom is -0.395 e. The van der Waals surface area contributed by atoms with Crippen molar-refractivity contribution in [1.29, 1.82) is 0 Å². The molecule has 5 N–H and O–H groups in total. The summed E-state index contributed by atoms with van der Waals surface area (Å²) in [5.41, 5.74) is 13.4. The van der Waals surface area contributed by atoms with Crippen LogP contribution in [0.15, 0.2) is 18.2 Å². The van der Waals surface area contributed by atoms with Gasteiger partial charge in [-0.1, -0.05) is 31.5 Å². The molecular formula is C20H27N5O3S. The van der Waals surface area contributed by atoms with E-state index in [0.717, 1.165) is 29.1 Å². The van der Waals surface area contributed by atoms with Gasteiger partial charge in [-0.05, 0) is 49.3 Å². The minimum absolute atomic E-state index is 0.0671. The van der Waals surface area contributed by atoms with Gasteiger partial charge in [0.1, 0.15) is 11.4 Å². The second-order valence-electron chi connectivity index (χ2n) is 7.35. The highest BCUT2D eigenvalue weighted by Crippen LogP contribution is 2.28. The summed E-state index contributed by atoms with van der Waals surface area (Å²) in [5, 5.41) is 2.84. The number of anilines is 2. The Balaban J connectivity index is 2.35. The molecule has 1 heterocycles. The zero-order valence-electron chi connectivity index (χ0n) is 17.1. The Hall–Kier alpha value is -2.94. The topological polar surface area (TPSA) is 131 Å². The third kappa shape index (κ3) is 5.54. The molecule has 0 fully saturated rings. The van der Waals surface area contributed by atoms with Crippen molar-refractivity contribution in [2.24, 2.45) is 11.7 Å². The molecule has 9 heteroatoms. The summed E-state index contributed by atoms with van der Waals surface area (Å²) in [5.74, 6) is -1.13. The number of aryl methyl sites for hydroxylation is 2. The third-order valence-electron chi connectivity index (χ3n) is 4.39. The van der Waals surface area contributed by atoms with Gasteiger partial charge in [0.2, 0.25) is 5.91 Å². The van der Waals surface area contributed by atoms with Gasteiger partial charge >= 0.3 is 0 Å². The summed E-state index contributed by atoms with van der Waals surface area (Å²) >= 11 is 0.795. The fourth-order valence-corrected chi connectivity index (χ4v) is 3.58. The molecule has 0 unspecified atom stereocenters. The van der Waals surface area contributed by atoms with E-state index in [2.05, 4.69) is 23.5 Å². The summed E-state index contributed by atoms with van der Waals surface area (Å²) in [7, 11) is 0. The number of amides is 3. The maximum Gasteiger partial charge on any atom is 0.272 e. The first-order chi connectivity index (χ1) is 13.6. The molecular weight excluding hydrogens is 390 g/mol. The van der Waals surface area contributed by atoms with Crippen LogP contribution >= 0.6 is 11.5 Å². The second kappa shape index (κ2) is 9.51. The number of hydrogen-bond donors (Lipinski definition) is 3. The van der Waals surface area contributed by atoms with E-state index in [0.29, 0.717) is 18.2 Å². The van der Waals surface area contributed by atoms with Gasteiger partial charge in [-0.15, -0.1) is 0 Å². The molecule has 0 bridgehead atoms. The fraction of sp³-hybridized carbons (Fsp3) is 0.400. The Labute approximate surface area is 174 Å². The summed E-state index contributed by atoms with van der Waals surface area (Å²) < 4.78 is 3.89. The molecule has 1 aromatic heterocycles. The highest BCUT2D eigenvalue weighted by atomic mass is 32.1. The standard InChI is InChI=1S/C20H27N5O3S/c1-11(2)7-8-23-15(26)10-25(14-6-5-12(3)9-13(14)4)20(28)18-16(21)17(19(22)27)24-29-18/h5-6,9,11H,7-8,10,21H2,1-4H3,(H2,22,27)(H,23,26). The number of nitrogens with two attached hydrogens (primary N) is 2. The van der Waals surface area contributed by atoms with Crippen LogP contribution in [0.5, 0.6) is 0 Å². The Bertz CT molecular complexity index is 923. The molecule has 0 aliphatic carbocycles. The Morgan fingerprint density at radius 3 is 2.48 bits per heavy atom. The second-order valence-corrected chi connectivity index (χ2v) is 8.13. The molecule has 8 nitrogen and oxygen atoms in total. The average molecular weight is 418 g/mol. The van der Waals surface area contributed by atoms with Crippen LogP contribution in [0.4, 0.5) is 11.4 Å². The number of benzene rings is 1. The van der Waals surface area contributed by atoms with E-state index >= 15 is 0 Å². The first kappa shape index (κ1) is 22.4. The lowest BCUT2D eigenvalue weighted by Crippen LogP contribution is -2.41. The smallest absolute Gasteiger partial charge is 0.272 e. The maximum atomic E-state index is 13.2. The maximum absolute atomic E-state index is 13.2. The number of hydrogen-bond acceptors (Lipinski definition) is 6. The minimum atomic E-state index is -0.803. The lowest BCUT2D eigenvalue weighted by atomic mass is 10.1. The van der Waals surface area contributed by atoms with Gasteiger partial charge in [-0.25, -0.2) is 0 Å². The van der Waals surface area contributed by atoms with Crippen LogP contribution in [0, 0.1) is 19.8 Å². The molecule has 0 saturated heterocycles. The van der Waals surface area contributed by atoms with E-state index in [4.69, 9.17) is 11.5 Å². The van der Waals surface area contributed by atoms with Crippen molar-refractivity contribution in [2.45, 2.75) is 34.1 Å². The van der Waals surface area contributed by atoms with Crippen molar-refractivity contribution >= 4 is 40.6 Å². The van der Waals surface area contributed by atoms with Crippen LogP contribution in [-0.2, 0) is 4.79 Å². The van der Waals surface area contributed by atoms with Crippen LogP contribution in [0.25, 0.3) is 0 Å². The summed E-state index contributed by atoms with van der Waals surface area (Å²) in [6.45, 7) is 8.30. The molecule has 0 atom stereocenters. The Morgan fingerprint density at radius 2 is 1.93 bits per heavy atom. The molecule has 0 saturated carbocycles. The van der Waals surface area contributed by atoms with Gasteiger partial charge in [0.25, 0.3) is 11.8 Å². The molecule has 2 rings (SSSR count). The normalized spacial score (nSPS) is 10.8. The summed E-state index contributed by atoms with van der Waals surface area (Å²) in [4.78, 5) is 38.6. The largest absolute Gasteiger partial charge is 0.395 e. The predicted octanol–water partition coefficient (Wildman–Crippen LogP) is 2.25. The quantitative estimate of drug-likeness (QED) is 0.606. The van der Waals surface area contributed by atoms with E-state index in [9.17, 15) is 14.4 Å². The number of rotatable bonds is 8. The Morgan fingerprint density at radius 1 is 1.24 bits per heavy atom. The van der Waals surface area contributed by atoms with Gasteiger partial charge in [-0.2, -0.15) is 4.37 Å². The van der Waals surface area contributed by atoms with Gasteiger partial charge in [0.15, 0.2) is 5.69 Å². The lowest BCUT2D eigenvalue weighted by Gasteiger charge is -2.24. The SMILES string of the molecule is Cc1ccc(N(CC(=O)NCCC(C)C)C(=O)c2snc(C(N)=O)c2N)c(C)c1. The van der Waals surface area contributed by atoms with Crippen LogP contribution in [0.3, 0.4) is 0 Å². The zero-order valence-corrected chi connectivity index (χ0v) is 17.9. The van der Waals surface area contributed by atoms with E-state index in [-0.39, 0.29) is 28.7 Å². The van der Waals surface area contributed by atoms with Crippen molar-refractivity contribution in [3.8, 4) is 0 Å². The molecule has 2 aromatic rings. The molecule has 156 valence electrons. The van der Waals surface area contributed by atoms with Crippen LogP contribution in [0.1, 0.15) is 51.6 Å². The van der Waals surface area contributed by atoms with Crippen LogP contribution in [0.2, 0.25) is 0 Å². The molecule has 0 aliphatic rings. The Kier molecular flexibility index (Phi) is 7.33. The zero-order chi connectivity index (χ0) is 21.7. The monoisotopic (exact) mass is 417 g/mol. The van der Waals surface area contributed by atoms with Crippen molar-refractivity contribution in [2.75, 3.05) is 23.7 Å². The third-order valence-corrected chi connectivity index (χ3v) is 5.24. The van der Waals surface area contributed by atoms with Gasteiger partial charge in [0.05, 0.1) is 5.69 Å². The number of primary amides is 1. The van der Waals surface area contributed by atoms with Crippen LogP contribution in [-0.4, -0.2) is 35.2 Å². The molecule has 29 heavy (non-hydrogen) atoms. The van der Waals surface area contributed by atoms with E-state index in [1.54, 1.807) is 6.07 Å². The number of carbonyl (C=O) groups excluding carboxylic acids is 3. The first-order valence-corrected chi connectivity index (χ1v) is 10.1. The lowest BCUT2D eigenvalue weighted by molar-refractivity contribution is -0.119. The molecule has 0 aliphatic heterocycles. The van der Waals surface area contributed by atoms with Crippen molar-refractivity contribution in [3.05, 3.63) is 39.9 Å². The molecule has 0 radical (unpaired) electrons. The highest BCUT2D eigenvalue weighted by Gasteiger charge is 2.28. The number of aromatic nitrogens is 1.